The SMILES string of the molecule is Cc1c(NC(=O)CN2C(=O)[C@@H]3[C@@H](C2=O)C2(Cl)c4ccccc4C3(Cl)c3ccccc32)ccc(Br)c1Cl. The zero-order valence-electron chi connectivity index (χ0n) is 18.8. The molecule has 4 aliphatic rings. The molecule has 2 atom stereocenters. The minimum Gasteiger partial charge on any atom is -0.324 e. The number of halogens is 4. The third-order valence-corrected chi connectivity index (χ3v) is 10.3. The molecule has 36 heavy (non-hydrogen) atoms. The van der Waals surface area contributed by atoms with Crippen LogP contribution in [-0.2, 0) is 24.1 Å². The molecule has 1 aliphatic heterocycles. The van der Waals surface area contributed by atoms with Gasteiger partial charge in [-0.05, 0) is 62.8 Å². The van der Waals surface area contributed by atoms with Crippen molar-refractivity contribution in [1.82, 2.24) is 4.90 Å². The number of imide groups is 1. The van der Waals surface area contributed by atoms with Crippen molar-refractivity contribution in [2.24, 2.45) is 11.8 Å². The van der Waals surface area contributed by atoms with Gasteiger partial charge in [0.1, 0.15) is 16.3 Å². The summed E-state index contributed by atoms with van der Waals surface area (Å²) >= 11 is 24.4. The predicted molar refractivity (Wildman–Crippen MR) is 142 cm³/mol. The number of alkyl halides is 2. The van der Waals surface area contributed by atoms with Crippen molar-refractivity contribution < 1.29 is 14.4 Å². The van der Waals surface area contributed by atoms with E-state index in [1.807, 2.05) is 48.5 Å². The van der Waals surface area contributed by atoms with Gasteiger partial charge in [-0.1, -0.05) is 60.1 Å². The van der Waals surface area contributed by atoms with Crippen molar-refractivity contribution in [3.05, 3.63) is 98.0 Å². The van der Waals surface area contributed by atoms with Crippen molar-refractivity contribution in [2.75, 3.05) is 11.9 Å². The fraction of sp³-hybridized carbons (Fsp3) is 0.222. The van der Waals surface area contributed by atoms with Crippen LogP contribution in [0.2, 0.25) is 5.02 Å². The normalized spacial score (nSPS) is 27.5. The Bertz CT molecular complexity index is 1390. The van der Waals surface area contributed by atoms with E-state index in [0.717, 1.165) is 4.90 Å². The van der Waals surface area contributed by atoms with Gasteiger partial charge >= 0.3 is 0 Å². The highest BCUT2D eigenvalue weighted by molar-refractivity contribution is 9.10. The molecule has 7 rings (SSSR count). The fourth-order valence-electron chi connectivity index (χ4n) is 6.00. The Hall–Kier alpha value is -2.38. The first-order valence-corrected chi connectivity index (χ1v) is 13.2. The van der Waals surface area contributed by atoms with Gasteiger partial charge in [-0.2, -0.15) is 0 Å². The van der Waals surface area contributed by atoms with Gasteiger partial charge in [-0.3, -0.25) is 19.3 Å². The molecule has 3 aliphatic carbocycles. The number of hydrogen-bond donors (Lipinski definition) is 1. The molecule has 3 aromatic rings. The number of carbonyl (C=O) groups excluding carboxylic acids is 3. The molecule has 3 aromatic carbocycles. The summed E-state index contributed by atoms with van der Waals surface area (Å²) in [5.41, 5.74) is 4.02. The first-order chi connectivity index (χ1) is 17.1. The zero-order chi connectivity index (χ0) is 25.6. The van der Waals surface area contributed by atoms with Crippen molar-refractivity contribution >= 4 is 74.1 Å². The second kappa shape index (κ2) is 8.06. The predicted octanol–water partition coefficient (Wildman–Crippen LogP) is 5.94. The average molecular weight is 605 g/mol. The summed E-state index contributed by atoms with van der Waals surface area (Å²) in [5.74, 6) is -3.41. The first-order valence-electron chi connectivity index (χ1n) is 11.3. The monoisotopic (exact) mass is 602 g/mol. The summed E-state index contributed by atoms with van der Waals surface area (Å²) in [6, 6.07) is 18.2. The summed E-state index contributed by atoms with van der Waals surface area (Å²) in [6.07, 6.45) is 0. The number of anilines is 1. The summed E-state index contributed by atoms with van der Waals surface area (Å²) in [7, 11) is 0. The fourth-order valence-corrected chi connectivity index (χ4v) is 7.69. The second-order valence-electron chi connectivity index (χ2n) is 9.31. The van der Waals surface area contributed by atoms with Crippen LogP contribution >= 0.6 is 50.7 Å². The molecular weight excluding hydrogens is 587 g/mol. The third-order valence-electron chi connectivity index (χ3n) is 7.59. The van der Waals surface area contributed by atoms with E-state index in [1.54, 1.807) is 19.1 Å². The van der Waals surface area contributed by atoms with Crippen LogP contribution in [0.3, 0.4) is 0 Å². The second-order valence-corrected chi connectivity index (χ2v) is 11.7. The quantitative estimate of drug-likeness (QED) is 0.297. The number of nitrogens with one attached hydrogen (secondary N) is 1. The standard InChI is InChI=1S/C27H18BrCl3N2O3/c1-13-19(11-10-18(28)23(13)29)32-20(34)12-33-24(35)21-22(25(33)36)27(31)15-7-3-2-6-14(15)26(21,30)16-8-4-5-9-17(16)27/h2-11,21-22H,12H2,1H3,(H,32,34)/t21-,22-,26?,27?/m0/s1. The maximum absolute atomic E-state index is 13.8. The van der Waals surface area contributed by atoms with Gasteiger partial charge in [0.2, 0.25) is 17.7 Å². The van der Waals surface area contributed by atoms with Crippen LogP contribution in [0.15, 0.2) is 65.1 Å². The van der Waals surface area contributed by atoms with Crippen LogP contribution in [0.4, 0.5) is 5.69 Å². The van der Waals surface area contributed by atoms with Gasteiger partial charge in [0, 0.05) is 10.2 Å². The van der Waals surface area contributed by atoms with Gasteiger partial charge in [0.25, 0.3) is 0 Å². The Labute approximate surface area is 230 Å². The van der Waals surface area contributed by atoms with E-state index in [2.05, 4.69) is 21.2 Å². The molecule has 1 heterocycles. The summed E-state index contributed by atoms with van der Waals surface area (Å²) in [5, 5.41) is 3.23. The largest absolute Gasteiger partial charge is 0.324 e. The summed E-state index contributed by atoms with van der Waals surface area (Å²) in [6.45, 7) is 1.31. The molecule has 0 aromatic heterocycles. The topological polar surface area (TPSA) is 66.5 Å². The van der Waals surface area contributed by atoms with Crippen LogP contribution in [-0.4, -0.2) is 29.2 Å². The highest BCUT2D eigenvalue weighted by Crippen LogP contribution is 2.69. The number of rotatable bonds is 3. The van der Waals surface area contributed by atoms with E-state index in [0.29, 0.717) is 43.0 Å². The lowest BCUT2D eigenvalue weighted by Crippen LogP contribution is -2.57. The van der Waals surface area contributed by atoms with E-state index in [4.69, 9.17) is 34.8 Å². The molecule has 3 amide bonds. The van der Waals surface area contributed by atoms with Crippen molar-refractivity contribution in [2.45, 2.75) is 16.7 Å². The molecule has 0 unspecified atom stereocenters. The maximum Gasteiger partial charge on any atom is 0.244 e. The summed E-state index contributed by atoms with van der Waals surface area (Å²) in [4.78, 5) is 39.1. The van der Waals surface area contributed by atoms with Gasteiger partial charge in [-0.15, -0.1) is 23.2 Å². The lowest BCUT2D eigenvalue weighted by atomic mass is 9.54. The van der Waals surface area contributed by atoms with E-state index < -0.39 is 45.9 Å². The van der Waals surface area contributed by atoms with Crippen molar-refractivity contribution in [3.63, 3.8) is 0 Å². The lowest BCUT2D eigenvalue weighted by Gasteiger charge is -2.54. The van der Waals surface area contributed by atoms with E-state index >= 15 is 0 Å². The van der Waals surface area contributed by atoms with Gasteiger partial charge in [0.05, 0.1) is 16.9 Å². The highest BCUT2D eigenvalue weighted by atomic mass is 79.9. The van der Waals surface area contributed by atoms with Gasteiger partial charge in [-0.25, -0.2) is 0 Å². The van der Waals surface area contributed by atoms with Crippen LogP contribution in [0.5, 0.6) is 0 Å². The number of benzene rings is 3. The molecule has 0 saturated carbocycles. The summed E-state index contributed by atoms with van der Waals surface area (Å²) < 4.78 is 0.697. The number of nitrogens with zero attached hydrogens (tertiary/aromatic N) is 1. The van der Waals surface area contributed by atoms with Crippen molar-refractivity contribution in [3.8, 4) is 0 Å². The lowest BCUT2D eigenvalue weighted by molar-refractivity contribution is -0.142. The highest BCUT2D eigenvalue weighted by Gasteiger charge is 2.73. The molecule has 1 saturated heterocycles. The Balaban J connectivity index is 1.40. The smallest absolute Gasteiger partial charge is 0.244 e. The van der Waals surface area contributed by atoms with Crippen molar-refractivity contribution in [1.29, 1.82) is 0 Å². The number of likely N-dealkylation sites (tertiary alicyclic amines) is 1. The van der Waals surface area contributed by atoms with E-state index in [9.17, 15) is 14.4 Å². The first kappa shape index (κ1) is 24.0. The molecule has 0 radical (unpaired) electrons. The number of amides is 3. The van der Waals surface area contributed by atoms with E-state index in [1.165, 1.54) is 0 Å². The third kappa shape index (κ3) is 2.93. The molecule has 5 nitrogen and oxygen atoms in total. The van der Waals surface area contributed by atoms with Gasteiger partial charge < -0.3 is 5.32 Å². The Morgan fingerprint density at radius 1 is 0.889 bits per heavy atom. The Morgan fingerprint density at radius 3 is 1.78 bits per heavy atom. The van der Waals surface area contributed by atoms with Crippen LogP contribution in [0, 0.1) is 18.8 Å². The van der Waals surface area contributed by atoms with Crippen LogP contribution in [0.25, 0.3) is 0 Å². The number of carbonyl (C=O) groups is 3. The molecule has 1 fully saturated rings. The zero-order valence-corrected chi connectivity index (χ0v) is 22.7. The molecular formula is C27H18BrCl3N2O3. The Morgan fingerprint density at radius 2 is 1.33 bits per heavy atom. The molecule has 0 spiro atoms. The minimum absolute atomic E-state index is 0.454. The molecule has 9 heteroatoms. The van der Waals surface area contributed by atoms with Crippen LogP contribution < -0.4 is 5.32 Å². The minimum atomic E-state index is -1.28. The van der Waals surface area contributed by atoms with Crippen LogP contribution in [0.1, 0.15) is 27.8 Å². The molecule has 182 valence electrons. The average Bonchev–Trinajstić information content (AvgIpc) is 3.13. The molecule has 1 N–H and O–H groups in total. The van der Waals surface area contributed by atoms with Gasteiger partial charge in [0.15, 0.2) is 0 Å². The number of hydrogen-bond acceptors (Lipinski definition) is 3. The van der Waals surface area contributed by atoms with E-state index in [-0.39, 0.29) is 0 Å². The molecule has 2 bridgehead atoms. The maximum atomic E-state index is 13.8. The Kier molecular flexibility index (Phi) is 5.37.